The van der Waals surface area contributed by atoms with Gasteiger partial charge in [0, 0.05) is 45.0 Å². The lowest BCUT2D eigenvalue weighted by Crippen LogP contribution is -2.49. The largest absolute Gasteiger partial charge is 0.491 e. The zero-order chi connectivity index (χ0) is 17.5. The third-order valence-electron chi connectivity index (χ3n) is 4.20. The molecule has 25 heavy (non-hydrogen) atoms. The first-order chi connectivity index (χ1) is 12.3. The van der Waals surface area contributed by atoms with E-state index in [4.69, 9.17) is 9.47 Å². The Balaban J connectivity index is 1.53. The second-order valence-electron chi connectivity index (χ2n) is 5.83. The second kappa shape index (κ2) is 8.48. The molecule has 2 aromatic rings. The lowest BCUT2D eigenvalue weighted by Gasteiger charge is -2.35. The number of pyridine rings is 1. The van der Waals surface area contributed by atoms with Gasteiger partial charge in [-0.25, -0.2) is 4.98 Å². The van der Waals surface area contributed by atoms with E-state index in [-0.39, 0.29) is 5.91 Å². The van der Waals surface area contributed by atoms with Crippen LogP contribution < -0.4 is 9.64 Å². The number of carbonyl (C=O) groups excluding carboxylic acids is 1. The Morgan fingerprint density at radius 2 is 1.80 bits per heavy atom. The third-order valence-corrected chi connectivity index (χ3v) is 4.20. The summed E-state index contributed by atoms with van der Waals surface area (Å²) in [7, 11) is 1.64. The van der Waals surface area contributed by atoms with Crippen LogP contribution in [-0.2, 0) is 4.74 Å². The fourth-order valence-corrected chi connectivity index (χ4v) is 2.80. The Hall–Kier alpha value is -2.60. The van der Waals surface area contributed by atoms with Crippen molar-refractivity contribution in [1.82, 2.24) is 9.88 Å². The van der Waals surface area contributed by atoms with E-state index < -0.39 is 0 Å². The summed E-state index contributed by atoms with van der Waals surface area (Å²) in [4.78, 5) is 21.1. The van der Waals surface area contributed by atoms with Gasteiger partial charge in [-0.3, -0.25) is 4.79 Å². The zero-order valence-electron chi connectivity index (χ0n) is 14.4. The Morgan fingerprint density at radius 3 is 2.44 bits per heavy atom. The van der Waals surface area contributed by atoms with Crippen molar-refractivity contribution in [2.75, 3.05) is 51.4 Å². The van der Waals surface area contributed by atoms with Crippen LogP contribution in [0.5, 0.6) is 5.75 Å². The molecule has 0 aliphatic carbocycles. The van der Waals surface area contributed by atoms with Crippen molar-refractivity contribution < 1.29 is 14.3 Å². The summed E-state index contributed by atoms with van der Waals surface area (Å²) in [5.41, 5.74) is 0.686. The molecule has 1 aromatic carbocycles. The van der Waals surface area contributed by atoms with Crippen molar-refractivity contribution >= 4 is 11.7 Å². The van der Waals surface area contributed by atoms with Crippen molar-refractivity contribution in [3.05, 3.63) is 54.2 Å². The fourth-order valence-electron chi connectivity index (χ4n) is 2.80. The number of amides is 1. The molecule has 1 aliphatic heterocycles. The van der Waals surface area contributed by atoms with Gasteiger partial charge in [0.15, 0.2) is 0 Å². The standard InChI is InChI=1S/C19H23N3O3/c1-24-14-15-25-17-7-5-16(6-8-17)19(23)22-12-10-21(11-13-22)18-4-2-3-9-20-18/h2-9H,10-15H2,1H3. The summed E-state index contributed by atoms with van der Waals surface area (Å²) in [6.45, 7) is 4.02. The van der Waals surface area contributed by atoms with Crippen molar-refractivity contribution in [2.24, 2.45) is 0 Å². The Bertz CT molecular complexity index is 668. The van der Waals surface area contributed by atoms with Gasteiger partial charge < -0.3 is 19.3 Å². The van der Waals surface area contributed by atoms with Crippen LogP contribution in [0.15, 0.2) is 48.7 Å². The average molecular weight is 341 g/mol. The molecule has 6 heteroatoms. The maximum absolute atomic E-state index is 12.6. The third kappa shape index (κ3) is 4.48. The number of aromatic nitrogens is 1. The molecule has 0 saturated carbocycles. The van der Waals surface area contributed by atoms with E-state index in [0.717, 1.165) is 24.7 Å². The predicted molar refractivity (Wildman–Crippen MR) is 96.2 cm³/mol. The molecular formula is C19H23N3O3. The molecule has 1 amide bonds. The van der Waals surface area contributed by atoms with Gasteiger partial charge in [0.25, 0.3) is 5.91 Å². The SMILES string of the molecule is COCCOc1ccc(C(=O)N2CCN(c3ccccn3)CC2)cc1. The Labute approximate surface area is 148 Å². The van der Waals surface area contributed by atoms with Crippen LogP contribution in [0.4, 0.5) is 5.82 Å². The quantitative estimate of drug-likeness (QED) is 0.753. The Kier molecular flexibility index (Phi) is 5.85. The van der Waals surface area contributed by atoms with Gasteiger partial charge in [-0.05, 0) is 36.4 Å². The van der Waals surface area contributed by atoms with Crippen LogP contribution in [-0.4, -0.2) is 62.3 Å². The summed E-state index contributed by atoms with van der Waals surface area (Å²) >= 11 is 0. The van der Waals surface area contributed by atoms with Crippen LogP contribution in [0.1, 0.15) is 10.4 Å². The molecule has 3 rings (SSSR count). The highest BCUT2D eigenvalue weighted by Gasteiger charge is 2.22. The molecule has 1 aliphatic rings. The van der Waals surface area contributed by atoms with Gasteiger partial charge in [0.2, 0.25) is 0 Å². The number of hydrogen-bond donors (Lipinski definition) is 0. The maximum Gasteiger partial charge on any atom is 0.253 e. The summed E-state index contributed by atoms with van der Waals surface area (Å²) in [6.07, 6.45) is 1.79. The van der Waals surface area contributed by atoms with Gasteiger partial charge >= 0.3 is 0 Å². The van der Waals surface area contributed by atoms with E-state index in [1.807, 2.05) is 47.4 Å². The van der Waals surface area contributed by atoms with Gasteiger partial charge in [0.1, 0.15) is 18.2 Å². The molecule has 0 N–H and O–H groups in total. The van der Waals surface area contributed by atoms with Crippen molar-refractivity contribution in [2.45, 2.75) is 0 Å². The molecule has 0 radical (unpaired) electrons. The average Bonchev–Trinajstić information content (AvgIpc) is 2.69. The van der Waals surface area contributed by atoms with Crippen molar-refractivity contribution in [3.8, 4) is 5.75 Å². The first-order valence-corrected chi connectivity index (χ1v) is 8.45. The normalized spacial score (nSPS) is 14.4. The topological polar surface area (TPSA) is 54.9 Å². The number of carbonyl (C=O) groups is 1. The highest BCUT2D eigenvalue weighted by Crippen LogP contribution is 2.17. The summed E-state index contributed by atoms with van der Waals surface area (Å²) in [6, 6.07) is 13.2. The zero-order valence-corrected chi connectivity index (χ0v) is 14.4. The van der Waals surface area contributed by atoms with Crippen LogP contribution in [0.3, 0.4) is 0 Å². The first kappa shape index (κ1) is 17.2. The van der Waals surface area contributed by atoms with Crippen molar-refractivity contribution in [1.29, 1.82) is 0 Å². The predicted octanol–water partition coefficient (Wildman–Crippen LogP) is 2.07. The van der Waals surface area contributed by atoms with Gasteiger partial charge in [0.05, 0.1) is 6.61 Å². The summed E-state index contributed by atoms with van der Waals surface area (Å²) < 4.78 is 10.5. The van der Waals surface area contributed by atoms with E-state index in [2.05, 4.69) is 9.88 Å². The molecule has 6 nitrogen and oxygen atoms in total. The molecule has 2 heterocycles. The number of nitrogens with zero attached hydrogens (tertiary/aromatic N) is 3. The highest BCUT2D eigenvalue weighted by atomic mass is 16.5. The van der Waals surface area contributed by atoms with Crippen LogP contribution >= 0.6 is 0 Å². The molecule has 132 valence electrons. The lowest BCUT2D eigenvalue weighted by atomic mass is 10.1. The monoisotopic (exact) mass is 341 g/mol. The number of methoxy groups -OCH3 is 1. The summed E-state index contributed by atoms with van der Waals surface area (Å²) in [5, 5.41) is 0. The second-order valence-corrected chi connectivity index (χ2v) is 5.83. The fraction of sp³-hybridized carbons (Fsp3) is 0.368. The molecule has 1 saturated heterocycles. The first-order valence-electron chi connectivity index (χ1n) is 8.45. The van der Waals surface area contributed by atoms with Crippen LogP contribution in [0.2, 0.25) is 0 Å². The molecule has 0 atom stereocenters. The molecule has 1 aromatic heterocycles. The number of ether oxygens (including phenoxy) is 2. The maximum atomic E-state index is 12.6. The summed E-state index contributed by atoms with van der Waals surface area (Å²) in [5.74, 6) is 1.77. The highest BCUT2D eigenvalue weighted by molar-refractivity contribution is 5.94. The molecular weight excluding hydrogens is 318 g/mol. The van der Waals surface area contributed by atoms with E-state index in [9.17, 15) is 4.79 Å². The number of anilines is 1. The molecule has 1 fully saturated rings. The number of benzene rings is 1. The minimum Gasteiger partial charge on any atom is -0.491 e. The van der Waals surface area contributed by atoms with Crippen LogP contribution in [0, 0.1) is 0 Å². The Morgan fingerprint density at radius 1 is 1.04 bits per heavy atom. The van der Waals surface area contributed by atoms with Gasteiger partial charge in [-0.15, -0.1) is 0 Å². The van der Waals surface area contributed by atoms with Crippen LogP contribution in [0.25, 0.3) is 0 Å². The minimum absolute atomic E-state index is 0.0594. The minimum atomic E-state index is 0.0594. The number of hydrogen-bond acceptors (Lipinski definition) is 5. The lowest BCUT2D eigenvalue weighted by molar-refractivity contribution is 0.0746. The van der Waals surface area contributed by atoms with Gasteiger partial charge in [-0.2, -0.15) is 0 Å². The number of piperazine rings is 1. The van der Waals surface area contributed by atoms with E-state index >= 15 is 0 Å². The van der Waals surface area contributed by atoms with E-state index in [1.165, 1.54) is 0 Å². The van der Waals surface area contributed by atoms with Crippen molar-refractivity contribution in [3.63, 3.8) is 0 Å². The van der Waals surface area contributed by atoms with E-state index in [0.29, 0.717) is 31.9 Å². The smallest absolute Gasteiger partial charge is 0.253 e. The van der Waals surface area contributed by atoms with E-state index in [1.54, 1.807) is 13.3 Å². The molecule has 0 spiro atoms. The molecule has 0 unspecified atom stereocenters. The number of rotatable bonds is 6. The van der Waals surface area contributed by atoms with Gasteiger partial charge in [-0.1, -0.05) is 6.07 Å². The molecule has 0 bridgehead atoms.